The van der Waals surface area contributed by atoms with Gasteiger partial charge in [-0.3, -0.25) is 4.79 Å². The number of amides is 1. The molecule has 5 nitrogen and oxygen atoms in total. The molecule has 1 N–H and O–H groups in total. The molecule has 2 heterocycles. The van der Waals surface area contributed by atoms with Crippen molar-refractivity contribution in [1.29, 1.82) is 0 Å². The van der Waals surface area contributed by atoms with Gasteiger partial charge in [-0.2, -0.15) is 15.0 Å². The third-order valence-corrected chi connectivity index (χ3v) is 4.71. The van der Waals surface area contributed by atoms with Crippen LogP contribution >= 0.6 is 11.3 Å². The van der Waals surface area contributed by atoms with Crippen molar-refractivity contribution in [3.8, 4) is 0 Å². The van der Waals surface area contributed by atoms with Crippen LogP contribution in [0.5, 0.6) is 0 Å². The van der Waals surface area contributed by atoms with Crippen molar-refractivity contribution in [3.05, 3.63) is 47.6 Å². The van der Waals surface area contributed by atoms with Crippen molar-refractivity contribution in [2.75, 3.05) is 0 Å². The minimum Gasteiger partial charge on any atom is -0.346 e. The Morgan fingerprint density at radius 1 is 1.27 bits per heavy atom. The van der Waals surface area contributed by atoms with Gasteiger partial charge in [0, 0.05) is 4.70 Å². The number of thiophene rings is 1. The van der Waals surface area contributed by atoms with Crippen LogP contribution in [-0.4, -0.2) is 26.9 Å². The quantitative estimate of drug-likeness (QED) is 0.787. The third-order valence-electron chi connectivity index (χ3n) is 3.60. The molecule has 3 rings (SSSR count). The maximum Gasteiger partial charge on any atom is 0.261 e. The fraction of sp³-hybridized carbons (Fsp3) is 0.312. The van der Waals surface area contributed by atoms with Gasteiger partial charge in [0.2, 0.25) is 0 Å². The summed E-state index contributed by atoms with van der Waals surface area (Å²) in [5.41, 5.74) is 0. The van der Waals surface area contributed by atoms with E-state index in [4.69, 9.17) is 0 Å². The zero-order valence-electron chi connectivity index (χ0n) is 12.6. The summed E-state index contributed by atoms with van der Waals surface area (Å²) in [5, 5.41) is 12.4. The van der Waals surface area contributed by atoms with Crippen LogP contribution in [0.1, 0.15) is 23.5 Å². The summed E-state index contributed by atoms with van der Waals surface area (Å²) in [6.07, 6.45) is 3.29. The van der Waals surface area contributed by atoms with E-state index in [0.717, 1.165) is 15.0 Å². The standard InChI is InChI=1S/C16H18N4OS/c1-11(2)13(10-20-17-7-8-18-20)19-16(21)15-9-12-5-3-4-6-14(12)22-15/h3-9,11,13H,10H2,1-2H3,(H,19,21)/t13-/m1/s1. The van der Waals surface area contributed by atoms with Crippen LogP contribution in [0.15, 0.2) is 42.7 Å². The van der Waals surface area contributed by atoms with E-state index in [2.05, 4.69) is 29.4 Å². The van der Waals surface area contributed by atoms with Gasteiger partial charge in [0.1, 0.15) is 0 Å². The zero-order valence-corrected chi connectivity index (χ0v) is 13.4. The van der Waals surface area contributed by atoms with E-state index in [1.54, 1.807) is 17.2 Å². The predicted octanol–water partition coefficient (Wildman–Crippen LogP) is 2.95. The first-order chi connectivity index (χ1) is 10.6. The first kappa shape index (κ1) is 14.7. The van der Waals surface area contributed by atoms with Crippen molar-refractivity contribution in [1.82, 2.24) is 20.3 Å². The van der Waals surface area contributed by atoms with E-state index >= 15 is 0 Å². The van der Waals surface area contributed by atoms with Gasteiger partial charge < -0.3 is 5.32 Å². The van der Waals surface area contributed by atoms with Crippen LogP contribution in [0, 0.1) is 5.92 Å². The highest BCUT2D eigenvalue weighted by Gasteiger charge is 2.19. The SMILES string of the molecule is CC(C)[C@@H](Cn1nccn1)NC(=O)c1cc2ccccc2s1. The second-order valence-corrected chi connectivity index (χ2v) is 6.64. The van der Waals surface area contributed by atoms with Crippen molar-refractivity contribution in [3.63, 3.8) is 0 Å². The Hall–Kier alpha value is -2.21. The molecule has 0 bridgehead atoms. The number of carbonyl (C=O) groups excluding carboxylic acids is 1. The molecule has 0 fully saturated rings. The number of hydrogen-bond acceptors (Lipinski definition) is 4. The Morgan fingerprint density at radius 2 is 2.00 bits per heavy atom. The van der Waals surface area contributed by atoms with Crippen LogP contribution < -0.4 is 5.32 Å². The molecule has 0 radical (unpaired) electrons. The van der Waals surface area contributed by atoms with E-state index in [0.29, 0.717) is 12.5 Å². The predicted molar refractivity (Wildman–Crippen MR) is 87.9 cm³/mol. The number of rotatable bonds is 5. The fourth-order valence-electron chi connectivity index (χ4n) is 2.27. The summed E-state index contributed by atoms with van der Waals surface area (Å²) in [4.78, 5) is 14.9. The molecule has 6 heteroatoms. The first-order valence-corrected chi connectivity index (χ1v) is 8.08. The minimum absolute atomic E-state index is 0.00916. The van der Waals surface area contributed by atoms with Crippen LogP contribution in [0.2, 0.25) is 0 Å². The molecular formula is C16H18N4OS. The molecule has 114 valence electrons. The molecule has 0 spiro atoms. The molecule has 1 atom stereocenters. The summed E-state index contributed by atoms with van der Waals surface area (Å²) >= 11 is 1.52. The number of hydrogen-bond donors (Lipinski definition) is 1. The number of benzene rings is 1. The van der Waals surface area contributed by atoms with Gasteiger partial charge in [-0.05, 0) is 23.4 Å². The number of fused-ring (bicyclic) bond motifs is 1. The summed E-state index contributed by atoms with van der Waals surface area (Å²) in [5.74, 6) is 0.261. The second-order valence-electron chi connectivity index (χ2n) is 5.56. The summed E-state index contributed by atoms with van der Waals surface area (Å²) in [6, 6.07) is 9.96. The maximum absolute atomic E-state index is 12.5. The molecule has 22 heavy (non-hydrogen) atoms. The van der Waals surface area contributed by atoms with Gasteiger partial charge in [0.25, 0.3) is 5.91 Å². The lowest BCUT2D eigenvalue weighted by atomic mass is 10.0. The number of nitrogens with zero attached hydrogens (tertiary/aromatic N) is 3. The van der Waals surface area contributed by atoms with Gasteiger partial charge >= 0.3 is 0 Å². The number of aromatic nitrogens is 3. The molecule has 0 aliphatic heterocycles. The molecule has 0 saturated heterocycles. The first-order valence-electron chi connectivity index (χ1n) is 7.27. The van der Waals surface area contributed by atoms with Crippen LogP contribution in [-0.2, 0) is 6.54 Å². The Morgan fingerprint density at radius 3 is 2.68 bits per heavy atom. The van der Waals surface area contributed by atoms with Crippen LogP contribution in [0.4, 0.5) is 0 Å². The Balaban J connectivity index is 1.75. The number of nitrogens with one attached hydrogen (secondary N) is 1. The molecule has 2 aromatic heterocycles. The van der Waals surface area contributed by atoms with Crippen molar-refractivity contribution in [2.45, 2.75) is 26.4 Å². The molecule has 0 aliphatic carbocycles. The Bertz CT molecular complexity index is 730. The third kappa shape index (κ3) is 3.17. The minimum atomic E-state index is -0.0351. The molecular weight excluding hydrogens is 296 g/mol. The maximum atomic E-state index is 12.5. The van der Waals surface area contributed by atoms with Crippen molar-refractivity contribution in [2.24, 2.45) is 5.92 Å². The normalized spacial score (nSPS) is 12.7. The molecule has 3 aromatic rings. The van der Waals surface area contributed by atoms with E-state index < -0.39 is 0 Å². The van der Waals surface area contributed by atoms with Crippen LogP contribution in [0.3, 0.4) is 0 Å². The average molecular weight is 314 g/mol. The van der Waals surface area contributed by atoms with E-state index in [-0.39, 0.29) is 11.9 Å². The lowest BCUT2D eigenvalue weighted by Crippen LogP contribution is -2.41. The van der Waals surface area contributed by atoms with Gasteiger partial charge in [-0.15, -0.1) is 11.3 Å². The largest absolute Gasteiger partial charge is 0.346 e. The summed E-state index contributed by atoms with van der Waals surface area (Å²) in [7, 11) is 0. The summed E-state index contributed by atoms with van der Waals surface area (Å²) < 4.78 is 1.13. The highest BCUT2D eigenvalue weighted by molar-refractivity contribution is 7.20. The van der Waals surface area contributed by atoms with E-state index in [1.807, 2.05) is 30.3 Å². The topological polar surface area (TPSA) is 59.8 Å². The Kier molecular flexibility index (Phi) is 4.20. The van der Waals surface area contributed by atoms with Gasteiger partial charge in [-0.25, -0.2) is 0 Å². The molecule has 1 amide bonds. The van der Waals surface area contributed by atoms with E-state index in [9.17, 15) is 4.79 Å². The van der Waals surface area contributed by atoms with Gasteiger partial charge in [0.05, 0.1) is 29.9 Å². The monoisotopic (exact) mass is 314 g/mol. The lowest BCUT2D eigenvalue weighted by Gasteiger charge is -2.21. The van der Waals surface area contributed by atoms with Crippen molar-refractivity contribution < 1.29 is 4.79 Å². The second kappa shape index (κ2) is 6.27. The lowest BCUT2D eigenvalue weighted by molar-refractivity contribution is 0.0922. The van der Waals surface area contributed by atoms with Gasteiger partial charge in [-0.1, -0.05) is 32.0 Å². The van der Waals surface area contributed by atoms with Gasteiger partial charge in [0.15, 0.2) is 0 Å². The highest BCUT2D eigenvalue weighted by Crippen LogP contribution is 2.25. The fourth-order valence-corrected chi connectivity index (χ4v) is 3.24. The average Bonchev–Trinajstić information content (AvgIpc) is 3.15. The Labute approximate surface area is 133 Å². The van der Waals surface area contributed by atoms with Crippen LogP contribution in [0.25, 0.3) is 10.1 Å². The van der Waals surface area contributed by atoms with Crippen molar-refractivity contribution >= 4 is 27.3 Å². The molecule has 0 unspecified atom stereocenters. The summed E-state index contributed by atoms with van der Waals surface area (Å²) in [6.45, 7) is 4.74. The molecule has 0 saturated carbocycles. The zero-order chi connectivity index (χ0) is 15.5. The molecule has 0 aliphatic rings. The highest BCUT2D eigenvalue weighted by atomic mass is 32.1. The smallest absolute Gasteiger partial charge is 0.261 e. The molecule has 1 aromatic carbocycles. The van der Waals surface area contributed by atoms with E-state index in [1.165, 1.54) is 11.3 Å². The number of carbonyl (C=O) groups is 1.